The normalized spacial score (nSPS) is 12.2. The van der Waals surface area contributed by atoms with Crippen LogP contribution in [0.25, 0.3) is 0 Å². The first kappa shape index (κ1) is 14.0. The molecule has 6 heteroatoms. The molecule has 0 aliphatic rings. The third kappa shape index (κ3) is 4.72. The average molecular weight is 258 g/mol. The van der Waals surface area contributed by atoms with Gasteiger partial charge in [0.15, 0.2) is 0 Å². The van der Waals surface area contributed by atoms with Crippen molar-refractivity contribution in [2.45, 2.75) is 12.8 Å². The third-order valence-corrected chi connectivity index (χ3v) is 2.77. The fraction of sp³-hybridized carbons (Fsp3) is 0.455. The molecule has 17 heavy (non-hydrogen) atoms. The van der Waals surface area contributed by atoms with E-state index in [9.17, 15) is 8.76 Å². The van der Waals surface area contributed by atoms with Crippen LogP contribution < -0.4 is 14.2 Å². The van der Waals surface area contributed by atoms with E-state index in [0.29, 0.717) is 13.0 Å². The molecule has 1 atom stereocenters. The molecule has 0 aliphatic heterocycles. The summed E-state index contributed by atoms with van der Waals surface area (Å²) >= 11 is -2.19. The minimum atomic E-state index is -2.19. The molecule has 0 saturated carbocycles. The number of aryl methyl sites for hydroxylation is 1. The van der Waals surface area contributed by atoms with Crippen molar-refractivity contribution >= 4 is 11.3 Å². The molecule has 1 aromatic carbocycles. The highest BCUT2D eigenvalue weighted by Gasteiger charge is 2.04. The first-order chi connectivity index (χ1) is 8.17. The van der Waals surface area contributed by atoms with Gasteiger partial charge in [0, 0.05) is 17.8 Å². The molecule has 0 bridgehead atoms. The van der Waals surface area contributed by atoms with Crippen molar-refractivity contribution in [3.63, 3.8) is 0 Å². The Hall–Kier alpha value is -1.11. The van der Waals surface area contributed by atoms with Crippen LogP contribution in [-0.2, 0) is 17.7 Å². The fourth-order valence-electron chi connectivity index (χ4n) is 1.51. The monoisotopic (exact) mass is 258 g/mol. The number of benzene rings is 1. The molecule has 0 aromatic heterocycles. The third-order valence-electron chi connectivity index (χ3n) is 2.33. The molecule has 0 heterocycles. The van der Waals surface area contributed by atoms with Gasteiger partial charge in [-0.15, -0.1) is 0 Å². The van der Waals surface area contributed by atoms with Gasteiger partial charge in [-0.3, -0.25) is 4.21 Å². The van der Waals surface area contributed by atoms with Crippen LogP contribution in [0.3, 0.4) is 0 Å². The minimum Gasteiger partial charge on any atom is -0.760 e. The predicted molar refractivity (Wildman–Crippen MR) is 64.8 cm³/mol. The van der Waals surface area contributed by atoms with Crippen LogP contribution in [0.5, 0.6) is 11.5 Å². The van der Waals surface area contributed by atoms with Crippen LogP contribution in [-0.4, -0.2) is 29.5 Å². The molecular formula is C11H16NO4S-. The Morgan fingerprint density at radius 2 is 2.12 bits per heavy atom. The highest BCUT2D eigenvalue weighted by atomic mass is 32.2. The Bertz CT molecular complexity index is 384. The van der Waals surface area contributed by atoms with Gasteiger partial charge in [0.05, 0.1) is 14.2 Å². The summed E-state index contributed by atoms with van der Waals surface area (Å²) in [6, 6.07) is 5.56. The quantitative estimate of drug-likeness (QED) is 0.585. The molecular weight excluding hydrogens is 242 g/mol. The summed E-state index contributed by atoms with van der Waals surface area (Å²) < 4.78 is 33.2. The minimum absolute atomic E-state index is 0.413. The van der Waals surface area contributed by atoms with Crippen molar-refractivity contribution in [2.75, 3.05) is 20.8 Å². The van der Waals surface area contributed by atoms with Crippen molar-refractivity contribution in [3.8, 4) is 11.5 Å². The molecule has 96 valence electrons. The molecule has 0 saturated heterocycles. The van der Waals surface area contributed by atoms with Crippen molar-refractivity contribution < 1.29 is 18.2 Å². The van der Waals surface area contributed by atoms with Crippen molar-refractivity contribution in [1.82, 2.24) is 4.72 Å². The maximum absolute atomic E-state index is 10.3. The summed E-state index contributed by atoms with van der Waals surface area (Å²) in [6.07, 6.45) is 1.43. The van der Waals surface area contributed by atoms with Gasteiger partial charge in [-0.05, 0) is 36.6 Å². The van der Waals surface area contributed by atoms with Gasteiger partial charge in [-0.1, -0.05) is 0 Å². The molecule has 0 spiro atoms. The first-order valence-corrected chi connectivity index (χ1v) is 6.28. The summed E-state index contributed by atoms with van der Waals surface area (Å²) in [7, 11) is 3.21. The molecule has 1 unspecified atom stereocenters. The number of hydrogen-bond donors (Lipinski definition) is 1. The van der Waals surface area contributed by atoms with Gasteiger partial charge < -0.3 is 14.0 Å². The number of methoxy groups -OCH3 is 2. The number of rotatable bonds is 7. The lowest BCUT2D eigenvalue weighted by molar-refractivity contribution is 0.398. The Morgan fingerprint density at radius 3 is 2.71 bits per heavy atom. The molecule has 1 N–H and O–H groups in total. The van der Waals surface area contributed by atoms with E-state index in [4.69, 9.17) is 9.47 Å². The number of ether oxygens (including phenoxy) is 2. The van der Waals surface area contributed by atoms with E-state index in [0.717, 1.165) is 23.5 Å². The predicted octanol–water partition coefficient (Wildman–Crippen LogP) is 1.02. The van der Waals surface area contributed by atoms with Crippen LogP contribution >= 0.6 is 0 Å². The summed E-state index contributed by atoms with van der Waals surface area (Å²) in [4.78, 5) is 0. The molecule has 0 amide bonds. The van der Waals surface area contributed by atoms with E-state index in [1.807, 2.05) is 18.2 Å². The summed E-state index contributed by atoms with van der Waals surface area (Å²) in [5, 5.41) is 0. The zero-order valence-electron chi connectivity index (χ0n) is 9.89. The maximum Gasteiger partial charge on any atom is 0.122 e. The second kappa shape index (κ2) is 7.26. The van der Waals surface area contributed by atoms with E-state index < -0.39 is 11.3 Å². The first-order valence-electron chi connectivity index (χ1n) is 5.21. The zero-order chi connectivity index (χ0) is 12.7. The largest absolute Gasteiger partial charge is 0.760 e. The van der Waals surface area contributed by atoms with Crippen LogP contribution in [0, 0.1) is 0 Å². The summed E-state index contributed by atoms with van der Waals surface area (Å²) in [5.41, 5.74) is 1.00. The average Bonchev–Trinajstić information content (AvgIpc) is 2.34. The van der Waals surface area contributed by atoms with Gasteiger partial charge in [-0.25, -0.2) is 4.72 Å². The van der Waals surface area contributed by atoms with Crippen LogP contribution in [0.15, 0.2) is 18.2 Å². The topological polar surface area (TPSA) is 70.6 Å². The van der Waals surface area contributed by atoms with E-state index in [1.165, 1.54) is 0 Å². The second-order valence-corrected chi connectivity index (χ2v) is 4.17. The van der Waals surface area contributed by atoms with Gasteiger partial charge in [0.2, 0.25) is 0 Å². The van der Waals surface area contributed by atoms with E-state index in [-0.39, 0.29) is 0 Å². The lowest BCUT2D eigenvalue weighted by Crippen LogP contribution is -2.18. The molecule has 0 fully saturated rings. The Labute approximate surface area is 104 Å². The van der Waals surface area contributed by atoms with Crippen molar-refractivity contribution in [2.24, 2.45) is 0 Å². The van der Waals surface area contributed by atoms with Crippen LogP contribution in [0.4, 0.5) is 0 Å². The van der Waals surface area contributed by atoms with Crippen LogP contribution in [0.1, 0.15) is 12.0 Å². The van der Waals surface area contributed by atoms with Gasteiger partial charge >= 0.3 is 0 Å². The Balaban J connectivity index is 2.58. The number of nitrogens with one attached hydrogen (secondary N) is 1. The van der Waals surface area contributed by atoms with Crippen LogP contribution in [0.2, 0.25) is 0 Å². The van der Waals surface area contributed by atoms with Crippen molar-refractivity contribution in [1.29, 1.82) is 0 Å². The molecule has 0 aliphatic carbocycles. The van der Waals surface area contributed by atoms with E-state index in [1.54, 1.807) is 14.2 Å². The fourth-order valence-corrected chi connectivity index (χ4v) is 1.82. The SMILES string of the molecule is COc1ccc(OC)c(CCCNS(=O)[O-])c1. The molecule has 1 rings (SSSR count). The highest BCUT2D eigenvalue weighted by molar-refractivity contribution is 7.77. The van der Waals surface area contributed by atoms with Gasteiger partial charge in [-0.2, -0.15) is 0 Å². The number of hydrogen-bond acceptors (Lipinski definition) is 4. The van der Waals surface area contributed by atoms with E-state index in [2.05, 4.69) is 4.72 Å². The zero-order valence-corrected chi connectivity index (χ0v) is 10.7. The summed E-state index contributed by atoms with van der Waals surface area (Å²) in [6.45, 7) is 0.413. The van der Waals surface area contributed by atoms with Crippen molar-refractivity contribution in [3.05, 3.63) is 23.8 Å². The molecule has 0 radical (unpaired) electrons. The lowest BCUT2D eigenvalue weighted by Gasteiger charge is -2.11. The second-order valence-electron chi connectivity index (χ2n) is 3.41. The smallest absolute Gasteiger partial charge is 0.122 e. The van der Waals surface area contributed by atoms with E-state index >= 15 is 0 Å². The van der Waals surface area contributed by atoms with Gasteiger partial charge in [0.1, 0.15) is 11.5 Å². The Morgan fingerprint density at radius 1 is 1.35 bits per heavy atom. The molecule has 5 nitrogen and oxygen atoms in total. The molecule has 1 aromatic rings. The Kier molecular flexibility index (Phi) is 5.96. The highest BCUT2D eigenvalue weighted by Crippen LogP contribution is 2.24. The standard InChI is InChI=1S/C11H17NO4S/c1-15-10-5-6-11(16-2)9(8-10)4-3-7-12-17(13)14/h5-6,8,12H,3-4,7H2,1-2H3,(H,13,14)/p-1. The lowest BCUT2D eigenvalue weighted by atomic mass is 10.1. The van der Waals surface area contributed by atoms with Gasteiger partial charge in [0.25, 0.3) is 0 Å². The maximum atomic E-state index is 10.3. The summed E-state index contributed by atoms with van der Waals surface area (Å²) in [5.74, 6) is 1.55.